The van der Waals surface area contributed by atoms with Crippen molar-refractivity contribution in [3.8, 4) is 5.75 Å². The van der Waals surface area contributed by atoms with Crippen LogP contribution in [-0.4, -0.2) is 18.2 Å². The van der Waals surface area contributed by atoms with Crippen molar-refractivity contribution in [1.29, 1.82) is 0 Å². The van der Waals surface area contributed by atoms with Crippen LogP contribution in [0.2, 0.25) is 0 Å². The second-order valence-electron chi connectivity index (χ2n) is 7.71. The van der Waals surface area contributed by atoms with Crippen LogP contribution in [0.1, 0.15) is 70.9 Å². The summed E-state index contributed by atoms with van der Waals surface area (Å²) in [7, 11) is 1.36. The lowest BCUT2D eigenvalue weighted by molar-refractivity contribution is -0.139. The van der Waals surface area contributed by atoms with Gasteiger partial charge in [0.25, 0.3) is 0 Å². The topological polar surface area (TPSA) is 46.5 Å². The predicted molar refractivity (Wildman–Crippen MR) is 118 cm³/mol. The zero-order valence-electron chi connectivity index (χ0n) is 18.2. The molecule has 0 atom stereocenters. The van der Waals surface area contributed by atoms with Gasteiger partial charge in [-0.1, -0.05) is 47.1 Å². The van der Waals surface area contributed by atoms with E-state index in [1.165, 1.54) is 23.8 Å². The predicted octanol–water partition coefficient (Wildman–Crippen LogP) is 6.46. The van der Waals surface area contributed by atoms with Crippen LogP contribution in [0.3, 0.4) is 0 Å². The first-order valence-electron chi connectivity index (χ1n) is 10.1. The van der Waals surface area contributed by atoms with Crippen molar-refractivity contribution >= 4 is 5.97 Å². The van der Waals surface area contributed by atoms with E-state index in [1.54, 1.807) is 6.07 Å². The Bertz CT molecular complexity index is 719. The smallest absolute Gasteiger partial charge is 0.310 e. The van der Waals surface area contributed by atoms with Gasteiger partial charge in [-0.15, -0.1) is 0 Å². The van der Waals surface area contributed by atoms with Gasteiger partial charge in [-0.2, -0.15) is 0 Å². The van der Waals surface area contributed by atoms with Gasteiger partial charge in [-0.3, -0.25) is 4.79 Å². The molecule has 0 bridgehead atoms. The lowest BCUT2D eigenvalue weighted by Crippen LogP contribution is -2.05. The van der Waals surface area contributed by atoms with Crippen LogP contribution in [0, 0.1) is 0 Å². The van der Waals surface area contributed by atoms with Crippen molar-refractivity contribution in [2.75, 3.05) is 7.11 Å². The van der Waals surface area contributed by atoms with Crippen LogP contribution < -0.4 is 0 Å². The number of hydrogen-bond acceptors (Lipinski definition) is 3. The summed E-state index contributed by atoms with van der Waals surface area (Å²) in [6, 6.07) is 5.47. The number of benzene rings is 1. The molecule has 0 saturated heterocycles. The van der Waals surface area contributed by atoms with Gasteiger partial charge < -0.3 is 9.84 Å². The third-order valence-electron chi connectivity index (χ3n) is 4.75. The maximum atomic E-state index is 11.4. The standard InChI is InChI=1S/C25H36O3/c1-19(2)9-6-10-20(3)11-7-12-21(4)13-8-14-22-15-16-24(26)23(17-22)18-25(27)28-5/h9,11,13,15-17,26H,6-8,10,12,14,18H2,1-5H3/b20-11+,21-13+. The van der Waals surface area contributed by atoms with Crippen molar-refractivity contribution in [2.24, 2.45) is 0 Å². The molecule has 1 aromatic carbocycles. The van der Waals surface area contributed by atoms with E-state index in [0.717, 1.165) is 44.1 Å². The second-order valence-corrected chi connectivity index (χ2v) is 7.71. The highest BCUT2D eigenvalue weighted by Gasteiger charge is 2.08. The van der Waals surface area contributed by atoms with Crippen LogP contribution in [0.4, 0.5) is 0 Å². The highest BCUT2D eigenvalue weighted by Crippen LogP contribution is 2.21. The molecule has 0 heterocycles. The molecule has 28 heavy (non-hydrogen) atoms. The van der Waals surface area contributed by atoms with Crippen LogP contribution in [0.5, 0.6) is 5.75 Å². The van der Waals surface area contributed by atoms with E-state index >= 15 is 0 Å². The van der Waals surface area contributed by atoms with Crippen LogP contribution in [0.15, 0.2) is 53.1 Å². The Morgan fingerprint density at radius 3 is 2.18 bits per heavy atom. The molecule has 3 heteroatoms. The van der Waals surface area contributed by atoms with Gasteiger partial charge in [0.05, 0.1) is 13.5 Å². The van der Waals surface area contributed by atoms with Crippen LogP contribution in [0.25, 0.3) is 0 Å². The molecule has 0 aliphatic carbocycles. The van der Waals surface area contributed by atoms with Gasteiger partial charge in [0.1, 0.15) is 5.75 Å². The molecular weight excluding hydrogens is 348 g/mol. The number of esters is 1. The molecule has 0 fully saturated rings. The average molecular weight is 385 g/mol. The minimum Gasteiger partial charge on any atom is -0.508 e. The highest BCUT2D eigenvalue weighted by molar-refractivity contribution is 5.73. The number of ether oxygens (including phenoxy) is 1. The number of rotatable bonds is 11. The minimum absolute atomic E-state index is 0.102. The summed E-state index contributed by atoms with van der Waals surface area (Å²) < 4.78 is 4.68. The Kier molecular flexibility index (Phi) is 11.0. The monoisotopic (exact) mass is 384 g/mol. The van der Waals surface area contributed by atoms with Gasteiger partial charge in [0, 0.05) is 5.56 Å². The molecule has 0 amide bonds. The molecule has 154 valence electrons. The molecular formula is C25H36O3. The van der Waals surface area contributed by atoms with E-state index in [2.05, 4.69) is 50.7 Å². The number of phenols is 1. The van der Waals surface area contributed by atoms with Crippen molar-refractivity contribution < 1.29 is 14.6 Å². The summed E-state index contributed by atoms with van der Waals surface area (Å²) in [5.41, 5.74) is 6.00. The third kappa shape index (κ3) is 10.1. The number of phenolic OH excluding ortho intramolecular Hbond substituents is 1. The minimum atomic E-state index is -0.340. The van der Waals surface area contributed by atoms with E-state index < -0.39 is 0 Å². The average Bonchev–Trinajstić information content (AvgIpc) is 2.63. The summed E-state index contributed by atoms with van der Waals surface area (Å²) in [5, 5.41) is 9.89. The molecule has 0 aromatic heterocycles. The van der Waals surface area contributed by atoms with Crippen molar-refractivity contribution in [2.45, 2.75) is 72.6 Å². The highest BCUT2D eigenvalue weighted by atomic mass is 16.5. The van der Waals surface area contributed by atoms with E-state index in [9.17, 15) is 9.90 Å². The molecule has 1 N–H and O–H groups in total. The van der Waals surface area contributed by atoms with E-state index in [1.807, 2.05) is 12.1 Å². The Morgan fingerprint density at radius 1 is 0.964 bits per heavy atom. The van der Waals surface area contributed by atoms with Gasteiger partial charge in [0.15, 0.2) is 0 Å². The zero-order valence-corrected chi connectivity index (χ0v) is 18.2. The van der Waals surface area contributed by atoms with Gasteiger partial charge in [0.2, 0.25) is 0 Å². The Labute approximate surface area is 170 Å². The number of aromatic hydroxyl groups is 1. The molecule has 0 radical (unpaired) electrons. The SMILES string of the molecule is COC(=O)Cc1cc(CC/C=C(\C)CC/C=C(\C)CCC=C(C)C)ccc1O. The zero-order chi connectivity index (χ0) is 20.9. The summed E-state index contributed by atoms with van der Waals surface area (Å²) >= 11 is 0. The first-order valence-corrected chi connectivity index (χ1v) is 10.1. The number of carbonyl (C=O) groups is 1. The van der Waals surface area contributed by atoms with Crippen molar-refractivity contribution in [3.05, 3.63) is 64.3 Å². The first kappa shape index (κ1) is 23.7. The summed E-state index contributed by atoms with van der Waals surface area (Å²) in [6.45, 7) is 8.69. The quantitative estimate of drug-likeness (QED) is 0.352. The molecule has 3 nitrogen and oxygen atoms in total. The van der Waals surface area contributed by atoms with Crippen LogP contribution >= 0.6 is 0 Å². The number of allylic oxidation sites excluding steroid dienone is 6. The van der Waals surface area contributed by atoms with Gasteiger partial charge in [-0.05, 0) is 77.8 Å². The third-order valence-corrected chi connectivity index (χ3v) is 4.75. The molecule has 0 spiro atoms. The molecule has 1 rings (SSSR count). The largest absolute Gasteiger partial charge is 0.508 e. The van der Waals surface area contributed by atoms with E-state index in [0.29, 0.717) is 5.56 Å². The Balaban J connectivity index is 2.44. The number of hydrogen-bond donors (Lipinski definition) is 1. The Morgan fingerprint density at radius 2 is 1.57 bits per heavy atom. The van der Waals surface area contributed by atoms with Gasteiger partial charge in [-0.25, -0.2) is 0 Å². The fraction of sp³-hybridized carbons (Fsp3) is 0.480. The second kappa shape index (κ2) is 13.0. The van der Waals surface area contributed by atoms with Crippen molar-refractivity contribution in [3.63, 3.8) is 0 Å². The number of aryl methyl sites for hydroxylation is 1. The maximum Gasteiger partial charge on any atom is 0.310 e. The number of carbonyl (C=O) groups excluding carboxylic acids is 1. The molecule has 0 saturated carbocycles. The molecule has 0 aliphatic rings. The van der Waals surface area contributed by atoms with Crippen molar-refractivity contribution in [1.82, 2.24) is 0 Å². The van der Waals surface area contributed by atoms with Crippen LogP contribution in [-0.2, 0) is 22.4 Å². The fourth-order valence-electron chi connectivity index (χ4n) is 2.99. The van der Waals surface area contributed by atoms with E-state index in [-0.39, 0.29) is 18.1 Å². The summed E-state index contributed by atoms with van der Waals surface area (Å²) in [6.07, 6.45) is 13.3. The normalized spacial score (nSPS) is 12.0. The molecule has 0 aliphatic heterocycles. The fourth-order valence-corrected chi connectivity index (χ4v) is 2.99. The first-order chi connectivity index (χ1) is 13.3. The lowest BCUT2D eigenvalue weighted by Gasteiger charge is -2.07. The van der Waals surface area contributed by atoms with Gasteiger partial charge >= 0.3 is 5.97 Å². The maximum absolute atomic E-state index is 11.4. The van der Waals surface area contributed by atoms with E-state index in [4.69, 9.17) is 0 Å². The Hall–Kier alpha value is -2.29. The summed E-state index contributed by atoms with van der Waals surface area (Å²) in [5.74, 6) is -0.194. The summed E-state index contributed by atoms with van der Waals surface area (Å²) in [4.78, 5) is 11.4. The molecule has 1 aromatic rings. The lowest BCUT2D eigenvalue weighted by atomic mass is 10.0. The molecule has 0 unspecified atom stereocenters. The number of methoxy groups -OCH3 is 1.